The molecule has 25 heavy (non-hydrogen) atoms. The topological polar surface area (TPSA) is 0 Å². The Hall–Kier alpha value is 0.199. The Morgan fingerprint density at radius 3 is 2.16 bits per heavy atom. The molecule has 1 aliphatic carbocycles. The fraction of sp³-hybridized carbons (Fsp3) is 0.636. The normalized spacial score (nSPS) is 19.3. The quantitative estimate of drug-likeness (QED) is 0.268. The molecule has 0 nitrogen and oxygen atoms in total. The average molecular weight is 481 g/mol. The molecule has 1 aliphatic rings. The summed E-state index contributed by atoms with van der Waals surface area (Å²) < 4.78 is 1.75. The van der Waals surface area contributed by atoms with Crippen LogP contribution in [0.25, 0.3) is 9.75 Å². The van der Waals surface area contributed by atoms with Gasteiger partial charge in [-0.1, -0.05) is 0 Å². The van der Waals surface area contributed by atoms with Gasteiger partial charge in [0, 0.05) is 0 Å². The minimum atomic E-state index is -1.99. The molecule has 2 aromatic rings. The van der Waals surface area contributed by atoms with Crippen molar-refractivity contribution in [1.29, 1.82) is 0 Å². The van der Waals surface area contributed by atoms with Crippen LogP contribution in [0.2, 0.25) is 14.8 Å². The maximum absolute atomic E-state index is 2.63. The Morgan fingerprint density at radius 2 is 1.48 bits per heavy atom. The van der Waals surface area contributed by atoms with E-state index in [2.05, 4.69) is 59.1 Å². The van der Waals surface area contributed by atoms with Gasteiger partial charge >= 0.3 is 168 Å². The number of unbranched alkanes of at least 4 members (excludes halogenated alkanes) is 5. The van der Waals surface area contributed by atoms with Gasteiger partial charge < -0.3 is 0 Å². The molecule has 0 radical (unpaired) electrons. The van der Waals surface area contributed by atoms with Gasteiger partial charge in [0.2, 0.25) is 0 Å². The first-order valence-electron chi connectivity index (χ1n) is 10.0. The van der Waals surface area contributed by atoms with Gasteiger partial charge in [0.1, 0.15) is 0 Å². The summed E-state index contributed by atoms with van der Waals surface area (Å²) >= 11 is 2.18. The van der Waals surface area contributed by atoms with Crippen LogP contribution in [0.3, 0.4) is 0 Å². The molecular formula is C22H34S2Sn. The third-order valence-electron chi connectivity index (χ3n) is 5.75. The number of fused-ring (bicyclic) bond motifs is 3. The Balaban J connectivity index is 1.85. The van der Waals surface area contributed by atoms with Gasteiger partial charge in [0.05, 0.1) is 0 Å². The van der Waals surface area contributed by atoms with Crippen LogP contribution in [0, 0.1) is 6.92 Å². The van der Waals surface area contributed by atoms with E-state index in [1.54, 1.807) is 23.8 Å². The summed E-state index contributed by atoms with van der Waals surface area (Å²) in [4.78, 5) is 12.4. The maximum atomic E-state index is 2.63. The van der Waals surface area contributed by atoms with Gasteiger partial charge in [-0.05, 0) is 0 Å². The summed E-state index contributed by atoms with van der Waals surface area (Å²) in [5, 5.41) is 0. The minimum absolute atomic E-state index is 0.270. The van der Waals surface area contributed by atoms with Crippen molar-refractivity contribution >= 4 is 43.9 Å². The van der Waals surface area contributed by atoms with Crippen molar-refractivity contribution in [2.75, 3.05) is 0 Å². The zero-order valence-electron chi connectivity index (χ0n) is 16.9. The number of hydrogen-bond acceptors (Lipinski definition) is 2. The van der Waals surface area contributed by atoms with Gasteiger partial charge in [-0.15, -0.1) is 0 Å². The number of hydrogen-bond donors (Lipinski definition) is 0. The van der Waals surface area contributed by atoms with E-state index in [-0.39, 0.29) is 5.41 Å². The number of rotatable bonds is 8. The van der Waals surface area contributed by atoms with E-state index in [1.807, 2.05) is 11.3 Å². The van der Waals surface area contributed by atoms with Gasteiger partial charge in [0.15, 0.2) is 0 Å². The van der Waals surface area contributed by atoms with E-state index >= 15 is 0 Å². The molecule has 0 aliphatic heterocycles. The van der Waals surface area contributed by atoms with E-state index in [9.17, 15) is 0 Å². The van der Waals surface area contributed by atoms with E-state index in [1.165, 1.54) is 49.8 Å². The predicted octanol–water partition coefficient (Wildman–Crippen LogP) is 7.70. The third-order valence-corrected chi connectivity index (χ3v) is 17.5. The molecule has 0 fully saturated rings. The second kappa shape index (κ2) is 7.67. The fourth-order valence-corrected chi connectivity index (χ4v) is 11.9. The van der Waals surface area contributed by atoms with Crippen LogP contribution < -0.4 is 2.89 Å². The van der Waals surface area contributed by atoms with Gasteiger partial charge in [-0.3, -0.25) is 0 Å². The molecular weight excluding hydrogens is 447 g/mol. The van der Waals surface area contributed by atoms with Crippen molar-refractivity contribution in [3.8, 4) is 9.75 Å². The summed E-state index contributed by atoms with van der Waals surface area (Å²) in [6, 6.07) is 5.12. The molecule has 138 valence electrons. The third kappa shape index (κ3) is 3.91. The zero-order valence-corrected chi connectivity index (χ0v) is 21.4. The molecule has 0 amide bonds. The second-order valence-corrected chi connectivity index (χ2v) is 26.8. The first-order valence-corrected chi connectivity index (χ1v) is 21.7. The van der Waals surface area contributed by atoms with E-state index in [0.717, 1.165) is 0 Å². The number of thiophene rings is 2. The van der Waals surface area contributed by atoms with Crippen molar-refractivity contribution in [2.45, 2.75) is 86.0 Å². The van der Waals surface area contributed by atoms with Crippen molar-refractivity contribution in [1.82, 2.24) is 0 Å². The fourth-order valence-electron chi connectivity index (χ4n) is 4.11. The van der Waals surface area contributed by atoms with Gasteiger partial charge in [-0.2, -0.15) is 0 Å². The standard InChI is InChI=1S/C19H25S2.3CH3.Sn/c1-4-5-6-7-8-9-11-19(3)15-10-12-20-17(15)18-16(19)13-14(2)21-18;;;;/h10,13H,4-9,11H2,1-3H3;3*1H3;. The Labute approximate surface area is 166 Å². The first kappa shape index (κ1) is 19.9. The average Bonchev–Trinajstić information content (AvgIpc) is 3.17. The monoisotopic (exact) mass is 482 g/mol. The van der Waals surface area contributed by atoms with Gasteiger partial charge in [0.25, 0.3) is 0 Å². The molecule has 0 N–H and O–H groups in total. The van der Waals surface area contributed by atoms with Crippen LogP contribution >= 0.6 is 22.7 Å². The summed E-state index contributed by atoms with van der Waals surface area (Å²) in [7, 11) is 0. The Morgan fingerprint density at radius 1 is 0.880 bits per heavy atom. The van der Waals surface area contributed by atoms with Crippen LogP contribution in [0.15, 0.2) is 12.1 Å². The number of aryl methyl sites for hydroxylation is 1. The molecule has 2 aromatic heterocycles. The first-order chi connectivity index (χ1) is 11.8. The predicted molar refractivity (Wildman–Crippen MR) is 120 cm³/mol. The van der Waals surface area contributed by atoms with Crippen LogP contribution in [0.1, 0.15) is 74.8 Å². The van der Waals surface area contributed by atoms with Crippen LogP contribution in [0.4, 0.5) is 0 Å². The van der Waals surface area contributed by atoms with Crippen molar-refractivity contribution in [3.63, 3.8) is 0 Å². The zero-order chi connectivity index (χ0) is 18.2. The molecule has 3 heteroatoms. The molecule has 2 heterocycles. The molecule has 0 bridgehead atoms. The second-order valence-electron chi connectivity index (χ2n) is 9.05. The van der Waals surface area contributed by atoms with Crippen molar-refractivity contribution < 1.29 is 0 Å². The molecule has 0 saturated carbocycles. The molecule has 0 saturated heterocycles. The summed E-state index contributed by atoms with van der Waals surface area (Å²) in [6.07, 6.45) is 9.68. The van der Waals surface area contributed by atoms with Gasteiger partial charge in [-0.25, -0.2) is 0 Å². The molecule has 0 spiro atoms. The summed E-state index contributed by atoms with van der Waals surface area (Å²) in [5.41, 5.74) is 3.58. The van der Waals surface area contributed by atoms with Crippen LogP contribution in [-0.2, 0) is 5.41 Å². The molecule has 3 rings (SSSR count). The molecule has 0 aromatic carbocycles. The summed E-state index contributed by atoms with van der Waals surface area (Å²) in [6.45, 7) is 7.12. The SMILES string of the molecule is CCCCCCCCC1(C)c2cc(C)sc2-c2s[c]([Sn]([CH3])([CH3])[CH3])cc21. The van der Waals surface area contributed by atoms with Crippen LogP contribution in [0.5, 0.6) is 0 Å². The van der Waals surface area contributed by atoms with E-state index in [0.29, 0.717) is 0 Å². The Kier molecular flexibility index (Phi) is 6.12. The van der Waals surface area contributed by atoms with Crippen molar-refractivity contribution in [3.05, 3.63) is 28.1 Å². The Bertz CT molecular complexity index is 732. The van der Waals surface area contributed by atoms with Crippen LogP contribution in [-0.4, -0.2) is 18.4 Å². The molecule has 1 unspecified atom stereocenters. The molecule has 1 atom stereocenters. The van der Waals surface area contributed by atoms with Crippen molar-refractivity contribution in [2.24, 2.45) is 0 Å². The summed E-state index contributed by atoms with van der Waals surface area (Å²) in [5.74, 6) is 0. The van der Waals surface area contributed by atoms with E-state index < -0.39 is 18.4 Å². The van der Waals surface area contributed by atoms with E-state index in [4.69, 9.17) is 0 Å².